The maximum Gasteiger partial charge on any atom is 0.272 e. The van der Waals surface area contributed by atoms with Gasteiger partial charge < -0.3 is 10.4 Å². The minimum absolute atomic E-state index is 0.193. The maximum absolute atomic E-state index is 10.8. The van der Waals surface area contributed by atoms with E-state index in [-0.39, 0.29) is 17.2 Å². The summed E-state index contributed by atoms with van der Waals surface area (Å²) in [7, 11) is 0. The number of aliphatic hydroxyl groups is 1. The monoisotopic (exact) mass is 266 g/mol. The molecule has 0 aliphatic heterocycles. The molecular weight excluding hydrogens is 244 g/mol. The van der Waals surface area contributed by atoms with Crippen LogP contribution in [0.25, 0.3) is 0 Å². The second-order valence-corrected chi connectivity index (χ2v) is 4.82. The van der Waals surface area contributed by atoms with Crippen LogP contribution >= 0.6 is 0 Å². The third kappa shape index (κ3) is 5.81. The van der Waals surface area contributed by atoms with Gasteiger partial charge in [-0.3, -0.25) is 10.1 Å². The van der Waals surface area contributed by atoms with Crippen molar-refractivity contribution in [3.63, 3.8) is 0 Å². The molecule has 0 fully saturated rings. The maximum atomic E-state index is 10.8. The number of aliphatic hydroxyl groups excluding tert-OH is 1. The van der Waals surface area contributed by atoms with Crippen molar-refractivity contribution in [2.24, 2.45) is 5.92 Å². The lowest BCUT2D eigenvalue weighted by Gasteiger charge is -2.08. The van der Waals surface area contributed by atoms with Gasteiger partial charge in [0.15, 0.2) is 0 Å². The van der Waals surface area contributed by atoms with Crippen LogP contribution in [0.4, 0.5) is 5.69 Å². The van der Waals surface area contributed by atoms with Crippen molar-refractivity contribution in [3.8, 4) is 0 Å². The summed E-state index contributed by atoms with van der Waals surface area (Å²) in [5, 5.41) is 23.0. The fraction of sp³-hybridized carbons (Fsp3) is 0.571. The zero-order valence-electron chi connectivity index (χ0n) is 11.3. The fourth-order valence-corrected chi connectivity index (χ4v) is 1.92. The van der Waals surface area contributed by atoms with Crippen LogP contribution in [-0.2, 0) is 6.42 Å². The van der Waals surface area contributed by atoms with Crippen LogP contribution in [0.2, 0.25) is 0 Å². The molecule has 0 aliphatic rings. The van der Waals surface area contributed by atoms with Crippen LogP contribution in [0, 0.1) is 16.0 Å². The Balaban J connectivity index is 2.24. The Morgan fingerprint density at radius 1 is 1.37 bits per heavy atom. The molecule has 106 valence electrons. The van der Waals surface area contributed by atoms with Gasteiger partial charge in [-0.05, 0) is 38.3 Å². The highest BCUT2D eigenvalue weighted by atomic mass is 16.6. The highest BCUT2D eigenvalue weighted by Crippen LogP contribution is 2.17. The molecule has 0 saturated heterocycles. The SMILES string of the molecule is CC(CO)CCCNCCc1ccccc1[N+](=O)[O-]. The lowest BCUT2D eigenvalue weighted by Crippen LogP contribution is -2.19. The summed E-state index contributed by atoms with van der Waals surface area (Å²) in [6.07, 6.45) is 2.67. The van der Waals surface area contributed by atoms with Gasteiger partial charge in [0.25, 0.3) is 5.69 Å². The van der Waals surface area contributed by atoms with Gasteiger partial charge in [0.2, 0.25) is 0 Å². The van der Waals surface area contributed by atoms with Crippen LogP contribution in [0.3, 0.4) is 0 Å². The Labute approximate surface area is 113 Å². The van der Waals surface area contributed by atoms with Crippen molar-refractivity contribution < 1.29 is 10.0 Å². The van der Waals surface area contributed by atoms with Crippen LogP contribution in [0.1, 0.15) is 25.3 Å². The summed E-state index contributed by atoms with van der Waals surface area (Å²) < 4.78 is 0. The standard InChI is InChI=1S/C14H22N2O3/c1-12(11-17)5-4-9-15-10-8-13-6-2-3-7-14(13)16(18)19/h2-3,6-7,12,15,17H,4-5,8-11H2,1H3. The Morgan fingerprint density at radius 3 is 2.79 bits per heavy atom. The van der Waals surface area contributed by atoms with Gasteiger partial charge in [0.1, 0.15) is 0 Å². The van der Waals surface area contributed by atoms with Gasteiger partial charge in [-0.1, -0.05) is 25.1 Å². The van der Waals surface area contributed by atoms with Crippen molar-refractivity contribution >= 4 is 5.69 Å². The van der Waals surface area contributed by atoms with Crippen LogP contribution in [0.15, 0.2) is 24.3 Å². The van der Waals surface area contributed by atoms with E-state index in [4.69, 9.17) is 5.11 Å². The Kier molecular flexibility index (Phi) is 7.07. The molecule has 5 heteroatoms. The van der Waals surface area contributed by atoms with Crippen LogP contribution in [0.5, 0.6) is 0 Å². The molecule has 0 bridgehead atoms. The van der Waals surface area contributed by atoms with Crippen molar-refractivity contribution in [2.45, 2.75) is 26.2 Å². The van der Waals surface area contributed by atoms with Crippen molar-refractivity contribution in [2.75, 3.05) is 19.7 Å². The first-order valence-corrected chi connectivity index (χ1v) is 6.69. The normalized spacial score (nSPS) is 12.3. The van der Waals surface area contributed by atoms with Crippen molar-refractivity contribution in [1.29, 1.82) is 0 Å². The highest BCUT2D eigenvalue weighted by molar-refractivity contribution is 5.39. The first-order chi connectivity index (χ1) is 9.15. The third-order valence-corrected chi connectivity index (χ3v) is 3.12. The Morgan fingerprint density at radius 2 is 2.11 bits per heavy atom. The van der Waals surface area contributed by atoms with Crippen molar-refractivity contribution in [3.05, 3.63) is 39.9 Å². The minimum atomic E-state index is -0.335. The minimum Gasteiger partial charge on any atom is -0.396 e. The summed E-state index contributed by atoms with van der Waals surface area (Å²) in [6, 6.07) is 6.85. The molecule has 0 amide bonds. The number of rotatable bonds is 9. The lowest BCUT2D eigenvalue weighted by atomic mass is 10.1. The van der Waals surface area contributed by atoms with Crippen LogP contribution in [-0.4, -0.2) is 29.7 Å². The topological polar surface area (TPSA) is 75.4 Å². The van der Waals surface area contributed by atoms with E-state index in [0.29, 0.717) is 12.3 Å². The van der Waals surface area contributed by atoms with Gasteiger partial charge in [0, 0.05) is 18.2 Å². The van der Waals surface area contributed by atoms with Gasteiger partial charge in [0.05, 0.1) is 4.92 Å². The molecule has 1 unspecified atom stereocenters. The highest BCUT2D eigenvalue weighted by Gasteiger charge is 2.11. The molecule has 1 rings (SSSR count). The summed E-state index contributed by atoms with van der Waals surface area (Å²) >= 11 is 0. The number of hydrogen-bond donors (Lipinski definition) is 2. The smallest absolute Gasteiger partial charge is 0.272 e. The second-order valence-electron chi connectivity index (χ2n) is 4.82. The number of nitrogens with zero attached hydrogens (tertiary/aromatic N) is 1. The molecule has 0 heterocycles. The molecule has 0 aliphatic carbocycles. The predicted octanol–water partition coefficient (Wildman–Crippen LogP) is 2.14. The molecule has 1 aromatic carbocycles. The average molecular weight is 266 g/mol. The van der Waals surface area contributed by atoms with E-state index in [9.17, 15) is 10.1 Å². The molecule has 1 aromatic rings. The second kappa shape index (κ2) is 8.61. The fourth-order valence-electron chi connectivity index (χ4n) is 1.92. The van der Waals surface area contributed by atoms with Gasteiger partial charge in [-0.15, -0.1) is 0 Å². The van der Waals surface area contributed by atoms with Crippen LogP contribution < -0.4 is 5.32 Å². The average Bonchev–Trinajstić information content (AvgIpc) is 2.42. The Bertz CT molecular complexity index is 396. The molecule has 0 spiro atoms. The molecule has 0 aromatic heterocycles. The number of nitrogens with one attached hydrogen (secondary N) is 1. The number of para-hydroxylation sites is 1. The van der Waals surface area contributed by atoms with E-state index in [2.05, 4.69) is 5.32 Å². The third-order valence-electron chi connectivity index (χ3n) is 3.12. The molecule has 0 radical (unpaired) electrons. The number of nitro groups is 1. The lowest BCUT2D eigenvalue weighted by molar-refractivity contribution is -0.385. The zero-order chi connectivity index (χ0) is 14.1. The zero-order valence-corrected chi connectivity index (χ0v) is 11.3. The van der Waals surface area contributed by atoms with Crippen molar-refractivity contribution in [1.82, 2.24) is 5.32 Å². The van der Waals surface area contributed by atoms with E-state index >= 15 is 0 Å². The summed E-state index contributed by atoms with van der Waals surface area (Å²) in [4.78, 5) is 10.5. The quantitative estimate of drug-likeness (QED) is 0.408. The summed E-state index contributed by atoms with van der Waals surface area (Å²) in [5.74, 6) is 0.344. The number of benzene rings is 1. The predicted molar refractivity (Wildman–Crippen MR) is 75.2 cm³/mol. The summed E-state index contributed by atoms with van der Waals surface area (Å²) in [5.41, 5.74) is 0.960. The van der Waals surface area contributed by atoms with E-state index in [1.807, 2.05) is 13.0 Å². The van der Waals surface area contributed by atoms with E-state index in [1.165, 1.54) is 6.07 Å². The molecule has 1 atom stereocenters. The first-order valence-electron chi connectivity index (χ1n) is 6.69. The van der Waals surface area contributed by atoms with E-state index in [1.54, 1.807) is 12.1 Å². The van der Waals surface area contributed by atoms with E-state index < -0.39 is 0 Å². The van der Waals surface area contributed by atoms with E-state index in [0.717, 1.165) is 31.5 Å². The molecule has 0 saturated carbocycles. The molecule has 2 N–H and O–H groups in total. The van der Waals surface area contributed by atoms with Gasteiger partial charge >= 0.3 is 0 Å². The Hall–Kier alpha value is -1.46. The number of hydrogen-bond acceptors (Lipinski definition) is 4. The molecule has 19 heavy (non-hydrogen) atoms. The molecular formula is C14H22N2O3. The van der Waals surface area contributed by atoms with Gasteiger partial charge in [-0.2, -0.15) is 0 Å². The largest absolute Gasteiger partial charge is 0.396 e. The first kappa shape index (κ1) is 15.6. The van der Waals surface area contributed by atoms with Gasteiger partial charge in [-0.25, -0.2) is 0 Å². The number of nitro benzene ring substituents is 1. The summed E-state index contributed by atoms with van der Waals surface area (Å²) in [6.45, 7) is 3.87. The molecule has 5 nitrogen and oxygen atoms in total.